The molecule has 16 heavy (non-hydrogen) atoms. The van der Waals surface area contributed by atoms with Gasteiger partial charge < -0.3 is 9.84 Å². The normalized spacial score (nSPS) is 12.0. The van der Waals surface area contributed by atoms with Gasteiger partial charge in [-0.05, 0) is 23.2 Å². The van der Waals surface area contributed by atoms with Crippen molar-refractivity contribution in [2.75, 3.05) is 6.54 Å². The van der Waals surface area contributed by atoms with Gasteiger partial charge in [0, 0.05) is 4.91 Å². The molecular weight excluding hydrogens is 220 g/mol. The zero-order chi connectivity index (χ0) is 12.0. The van der Waals surface area contributed by atoms with E-state index in [0.717, 1.165) is 0 Å². The maximum atomic E-state index is 11.8. The maximum absolute atomic E-state index is 11.8. The van der Waals surface area contributed by atoms with Crippen molar-refractivity contribution in [3.8, 4) is 5.75 Å². The Balaban J connectivity index is 2.66. The standard InChI is InChI=1S/C9H9F2N3O2/c10-9(11)16-7-3-1-6(2-4-7)8(15)5-13-14-12/h1-4,8-9,15H,5H2/t8-/m0/s1. The van der Waals surface area contributed by atoms with Gasteiger partial charge in [0.15, 0.2) is 0 Å². The van der Waals surface area contributed by atoms with Crippen molar-refractivity contribution in [1.29, 1.82) is 0 Å². The molecule has 1 rings (SSSR count). The molecule has 0 fully saturated rings. The lowest BCUT2D eigenvalue weighted by molar-refractivity contribution is -0.0498. The van der Waals surface area contributed by atoms with Crippen molar-refractivity contribution < 1.29 is 18.6 Å². The highest BCUT2D eigenvalue weighted by Crippen LogP contribution is 2.19. The Kier molecular flexibility index (Phi) is 4.50. The number of aliphatic hydroxyl groups is 1. The number of halogens is 2. The zero-order valence-electron chi connectivity index (χ0n) is 8.12. The lowest BCUT2D eigenvalue weighted by atomic mass is 10.1. The third-order valence-corrected chi connectivity index (χ3v) is 1.81. The maximum Gasteiger partial charge on any atom is 0.387 e. The Morgan fingerprint density at radius 1 is 1.38 bits per heavy atom. The van der Waals surface area contributed by atoms with Crippen LogP contribution in [0, 0.1) is 0 Å². The predicted octanol–water partition coefficient (Wildman–Crippen LogP) is 2.63. The highest BCUT2D eigenvalue weighted by atomic mass is 19.3. The second kappa shape index (κ2) is 5.89. The van der Waals surface area contributed by atoms with E-state index in [9.17, 15) is 13.9 Å². The summed E-state index contributed by atoms with van der Waals surface area (Å²) in [6.45, 7) is -2.98. The molecule has 0 spiro atoms. The Bertz CT molecular complexity index is 377. The van der Waals surface area contributed by atoms with Crippen molar-refractivity contribution in [1.82, 2.24) is 0 Å². The number of hydrogen-bond donors (Lipinski definition) is 1. The quantitative estimate of drug-likeness (QED) is 0.478. The lowest BCUT2D eigenvalue weighted by Gasteiger charge is -2.09. The van der Waals surface area contributed by atoms with E-state index in [1.54, 1.807) is 0 Å². The van der Waals surface area contributed by atoms with Crippen LogP contribution in [0.25, 0.3) is 10.4 Å². The molecule has 1 atom stereocenters. The van der Waals surface area contributed by atoms with Crippen LogP contribution in [-0.2, 0) is 0 Å². The van der Waals surface area contributed by atoms with Crippen molar-refractivity contribution in [2.45, 2.75) is 12.7 Å². The summed E-state index contributed by atoms with van der Waals surface area (Å²) in [5, 5.41) is 12.7. The smallest absolute Gasteiger partial charge is 0.387 e. The Morgan fingerprint density at radius 3 is 2.50 bits per heavy atom. The highest BCUT2D eigenvalue weighted by molar-refractivity contribution is 5.28. The molecule has 5 nitrogen and oxygen atoms in total. The minimum Gasteiger partial charge on any atom is -0.435 e. The number of hydrogen-bond acceptors (Lipinski definition) is 3. The van der Waals surface area contributed by atoms with Gasteiger partial charge in [-0.25, -0.2) is 0 Å². The van der Waals surface area contributed by atoms with Crippen LogP contribution in [-0.4, -0.2) is 18.3 Å². The molecule has 7 heteroatoms. The molecule has 1 N–H and O–H groups in total. The van der Waals surface area contributed by atoms with Crippen molar-refractivity contribution in [3.63, 3.8) is 0 Å². The molecule has 0 aromatic heterocycles. The Hall–Kier alpha value is -1.85. The molecule has 0 saturated heterocycles. The first kappa shape index (κ1) is 12.2. The monoisotopic (exact) mass is 229 g/mol. The minimum absolute atomic E-state index is 0.00901. The van der Waals surface area contributed by atoms with Crippen LogP contribution in [0.4, 0.5) is 8.78 Å². The molecule has 0 saturated carbocycles. The van der Waals surface area contributed by atoms with E-state index >= 15 is 0 Å². The summed E-state index contributed by atoms with van der Waals surface area (Å²) in [6, 6.07) is 5.46. The zero-order valence-corrected chi connectivity index (χ0v) is 8.12. The number of aliphatic hydroxyl groups excluding tert-OH is 1. The van der Waals surface area contributed by atoms with E-state index in [1.807, 2.05) is 0 Å². The molecule has 0 unspecified atom stereocenters. The first-order chi connectivity index (χ1) is 7.63. The van der Waals surface area contributed by atoms with E-state index in [-0.39, 0.29) is 12.3 Å². The molecule has 0 amide bonds. The summed E-state index contributed by atoms with van der Waals surface area (Å²) >= 11 is 0. The fourth-order valence-corrected chi connectivity index (χ4v) is 1.09. The topological polar surface area (TPSA) is 78.2 Å². The third-order valence-electron chi connectivity index (χ3n) is 1.81. The summed E-state index contributed by atoms with van der Waals surface area (Å²) in [4.78, 5) is 2.50. The lowest BCUT2D eigenvalue weighted by Crippen LogP contribution is -2.03. The summed E-state index contributed by atoms with van der Waals surface area (Å²) in [6.07, 6.45) is -0.948. The second-order valence-electron chi connectivity index (χ2n) is 2.88. The number of azide groups is 1. The van der Waals surface area contributed by atoms with E-state index in [1.165, 1.54) is 24.3 Å². The van der Waals surface area contributed by atoms with E-state index < -0.39 is 12.7 Å². The second-order valence-corrected chi connectivity index (χ2v) is 2.88. The fraction of sp³-hybridized carbons (Fsp3) is 0.333. The van der Waals surface area contributed by atoms with Gasteiger partial charge in [0.2, 0.25) is 0 Å². The highest BCUT2D eigenvalue weighted by Gasteiger charge is 2.08. The molecule has 1 aromatic rings. The summed E-state index contributed by atoms with van der Waals surface area (Å²) in [5.41, 5.74) is 8.52. The summed E-state index contributed by atoms with van der Waals surface area (Å²) < 4.78 is 27.8. The Morgan fingerprint density at radius 2 is 2.00 bits per heavy atom. The van der Waals surface area contributed by atoms with Crippen molar-refractivity contribution in [2.24, 2.45) is 5.11 Å². The third kappa shape index (κ3) is 3.72. The minimum atomic E-state index is -2.88. The first-order valence-electron chi connectivity index (χ1n) is 4.37. The van der Waals surface area contributed by atoms with Gasteiger partial charge in [-0.1, -0.05) is 17.2 Å². The van der Waals surface area contributed by atoms with Crippen LogP contribution in [0.5, 0.6) is 5.75 Å². The van der Waals surface area contributed by atoms with Crippen LogP contribution in [0.2, 0.25) is 0 Å². The summed E-state index contributed by atoms with van der Waals surface area (Å²) in [5.74, 6) is 0.00901. The van der Waals surface area contributed by atoms with Crippen molar-refractivity contribution in [3.05, 3.63) is 40.3 Å². The predicted molar refractivity (Wildman–Crippen MR) is 52.0 cm³/mol. The van der Waals surface area contributed by atoms with Gasteiger partial charge in [0.05, 0.1) is 12.6 Å². The molecule has 0 radical (unpaired) electrons. The molecule has 0 aliphatic carbocycles. The summed E-state index contributed by atoms with van der Waals surface area (Å²) in [7, 11) is 0. The van der Waals surface area contributed by atoms with E-state index in [0.29, 0.717) is 5.56 Å². The molecule has 0 heterocycles. The number of benzene rings is 1. The largest absolute Gasteiger partial charge is 0.435 e. The molecule has 0 aliphatic rings. The number of alkyl halides is 2. The van der Waals surface area contributed by atoms with E-state index in [4.69, 9.17) is 5.53 Å². The number of ether oxygens (including phenoxy) is 1. The molecule has 86 valence electrons. The van der Waals surface area contributed by atoms with Crippen LogP contribution in [0.3, 0.4) is 0 Å². The first-order valence-corrected chi connectivity index (χ1v) is 4.37. The van der Waals surface area contributed by atoms with E-state index in [2.05, 4.69) is 14.8 Å². The van der Waals surface area contributed by atoms with Gasteiger partial charge in [0.1, 0.15) is 5.75 Å². The Labute approximate surface area is 89.9 Å². The average Bonchev–Trinajstić information content (AvgIpc) is 2.26. The molecular formula is C9H9F2N3O2. The van der Waals surface area contributed by atoms with Crippen LogP contribution in [0.15, 0.2) is 29.4 Å². The van der Waals surface area contributed by atoms with Gasteiger partial charge in [-0.2, -0.15) is 8.78 Å². The van der Waals surface area contributed by atoms with Crippen LogP contribution < -0.4 is 4.74 Å². The molecule has 0 aliphatic heterocycles. The molecule has 1 aromatic carbocycles. The van der Waals surface area contributed by atoms with Gasteiger partial charge in [-0.3, -0.25) is 0 Å². The SMILES string of the molecule is [N-]=[N+]=NC[C@H](O)c1ccc(OC(F)F)cc1. The van der Waals surface area contributed by atoms with Crippen molar-refractivity contribution >= 4 is 0 Å². The number of nitrogens with zero attached hydrogens (tertiary/aromatic N) is 3. The van der Waals surface area contributed by atoms with Gasteiger partial charge in [0.25, 0.3) is 0 Å². The van der Waals surface area contributed by atoms with Gasteiger partial charge >= 0.3 is 6.61 Å². The van der Waals surface area contributed by atoms with Gasteiger partial charge in [-0.15, -0.1) is 0 Å². The van der Waals surface area contributed by atoms with Crippen LogP contribution in [0.1, 0.15) is 11.7 Å². The fourth-order valence-electron chi connectivity index (χ4n) is 1.09. The molecule has 0 bridgehead atoms. The number of rotatable bonds is 5. The van der Waals surface area contributed by atoms with Crippen LogP contribution >= 0.6 is 0 Å². The average molecular weight is 229 g/mol.